The maximum Gasteiger partial charge on any atom is 0.109 e. The first-order valence-electron chi connectivity index (χ1n) is 5.15. The van der Waals surface area contributed by atoms with Crippen LogP contribution in [0.2, 0.25) is 0 Å². The lowest BCUT2D eigenvalue weighted by atomic mass is 9.94. The number of thiocarbonyl (C=S) groups is 1. The Labute approximate surface area is 98.1 Å². The van der Waals surface area contributed by atoms with Crippen LogP contribution in [0.3, 0.4) is 0 Å². The molecule has 0 amide bonds. The van der Waals surface area contributed by atoms with Crippen LogP contribution >= 0.6 is 12.2 Å². The summed E-state index contributed by atoms with van der Waals surface area (Å²) < 4.78 is 0. The van der Waals surface area contributed by atoms with Crippen molar-refractivity contribution in [1.82, 2.24) is 4.90 Å². The molecule has 0 aliphatic rings. The molecule has 2 heteroatoms. The van der Waals surface area contributed by atoms with Gasteiger partial charge in [-0.2, -0.15) is 0 Å². The van der Waals surface area contributed by atoms with Crippen LogP contribution in [-0.4, -0.2) is 24.0 Å². The third-order valence-corrected chi connectivity index (χ3v) is 3.55. The van der Waals surface area contributed by atoms with Crippen molar-refractivity contribution in [2.24, 2.45) is 0 Å². The largest absolute Gasteiger partial charge is 0.368 e. The zero-order valence-corrected chi connectivity index (χ0v) is 11.2. The van der Waals surface area contributed by atoms with Gasteiger partial charge in [-0.1, -0.05) is 18.3 Å². The molecular weight excluding hydrogens is 202 g/mol. The topological polar surface area (TPSA) is 3.24 Å². The van der Waals surface area contributed by atoms with Gasteiger partial charge in [0, 0.05) is 19.7 Å². The van der Waals surface area contributed by atoms with Crippen molar-refractivity contribution in [2.75, 3.05) is 14.1 Å². The van der Waals surface area contributed by atoms with E-state index in [1.165, 1.54) is 27.8 Å². The van der Waals surface area contributed by atoms with Gasteiger partial charge in [0.15, 0.2) is 0 Å². The van der Waals surface area contributed by atoms with Crippen molar-refractivity contribution in [3.8, 4) is 0 Å². The van der Waals surface area contributed by atoms with Gasteiger partial charge in [0.1, 0.15) is 4.99 Å². The molecule has 82 valence electrons. The van der Waals surface area contributed by atoms with E-state index in [2.05, 4.69) is 33.8 Å². The molecule has 0 saturated heterocycles. The third kappa shape index (κ3) is 2.20. The summed E-state index contributed by atoms with van der Waals surface area (Å²) in [6.45, 7) is 8.59. The van der Waals surface area contributed by atoms with Gasteiger partial charge in [-0.25, -0.2) is 0 Å². The molecule has 0 fully saturated rings. The van der Waals surface area contributed by atoms with Crippen LogP contribution in [0, 0.1) is 27.7 Å². The fourth-order valence-electron chi connectivity index (χ4n) is 1.84. The van der Waals surface area contributed by atoms with Crippen molar-refractivity contribution in [1.29, 1.82) is 0 Å². The molecule has 0 saturated carbocycles. The summed E-state index contributed by atoms with van der Waals surface area (Å²) in [5, 5.41) is 0. The maximum atomic E-state index is 5.45. The monoisotopic (exact) mass is 221 g/mol. The van der Waals surface area contributed by atoms with Gasteiger partial charge in [-0.05, 0) is 49.9 Å². The third-order valence-electron chi connectivity index (χ3n) is 2.98. The standard InChI is InChI=1S/C13H19NS/c1-8-7-9(2)12(11(4)10(8)3)13(15)14(5)6/h7H,1-6H3. The van der Waals surface area contributed by atoms with Gasteiger partial charge in [0.05, 0.1) is 0 Å². The van der Waals surface area contributed by atoms with Crippen molar-refractivity contribution < 1.29 is 0 Å². The molecule has 0 N–H and O–H groups in total. The summed E-state index contributed by atoms with van der Waals surface area (Å²) in [5.41, 5.74) is 6.49. The second-order valence-electron chi connectivity index (χ2n) is 4.33. The molecule has 1 aromatic rings. The fourth-order valence-corrected chi connectivity index (χ4v) is 2.15. The maximum absolute atomic E-state index is 5.45. The summed E-state index contributed by atoms with van der Waals surface area (Å²) in [6.07, 6.45) is 0. The Morgan fingerprint density at radius 1 is 1.00 bits per heavy atom. The quantitative estimate of drug-likeness (QED) is 0.670. The number of hydrogen-bond donors (Lipinski definition) is 0. The first-order valence-corrected chi connectivity index (χ1v) is 5.56. The normalized spacial score (nSPS) is 10.3. The predicted octanol–water partition coefficient (Wildman–Crippen LogP) is 3.16. The molecule has 0 aliphatic carbocycles. The van der Waals surface area contributed by atoms with E-state index in [1.54, 1.807) is 0 Å². The van der Waals surface area contributed by atoms with E-state index in [9.17, 15) is 0 Å². The van der Waals surface area contributed by atoms with Crippen molar-refractivity contribution in [3.63, 3.8) is 0 Å². The lowest BCUT2D eigenvalue weighted by Crippen LogP contribution is -2.23. The molecule has 0 atom stereocenters. The molecule has 0 radical (unpaired) electrons. The molecule has 0 bridgehead atoms. The minimum Gasteiger partial charge on any atom is -0.368 e. The van der Waals surface area contributed by atoms with E-state index < -0.39 is 0 Å². The van der Waals surface area contributed by atoms with Crippen LogP contribution in [0.25, 0.3) is 0 Å². The van der Waals surface area contributed by atoms with Crippen LogP contribution in [0.1, 0.15) is 27.8 Å². The van der Waals surface area contributed by atoms with Gasteiger partial charge in [-0.3, -0.25) is 0 Å². The summed E-state index contributed by atoms with van der Waals surface area (Å²) in [5.74, 6) is 0. The number of hydrogen-bond acceptors (Lipinski definition) is 1. The molecule has 15 heavy (non-hydrogen) atoms. The summed E-state index contributed by atoms with van der Waals surface area (Å²) >= 11 is 5.45. The van der Waals surface area contributed by atoms with Gasteiger partial charge in [-0.15, -0.1) is 0 Å². The average molecular weight is 221 g/mol. The number of benzene rings is 1. The first kappa shape index (κ1) is 12.2. The summed E-state index contributed by atoms with van der Waals surface area (Å²) in [4.78, 5) is 2.92. The van der Waals surface area contributed by atoms with Crippen molar-refractivity contribution >= 4 is 17.2 Å². The second-order valence-corrected chi connectivity index (χ2v) is 4.72. The summed E-state index contributed by atoms with van der Waals surface area (Å²) in [7, 11) is 3.99. The second kappa shape index (κ2) is 4.31. The highest BCUT2D eigenvalue weighted by Gasteiger charge is 2.13. The lowest BCUT2D eigenvalue weighted by Gasteiger charge is -2.20. The summed E-state index contributed by atoms with van der Waals surface area (Å²) in [6, 6.07) is 2.22. The van der Waals surface area contributed by atoms with Crippen LogP contribution in [0.4, 0.5) is 0 Å². The molecule has 1 aromatic carbocycles. The Morgan fingerprint density at radius 2 is 1.53 bits per heavy atom. The Balaban J connectivity index is 3.43. The van der Waals surface area contributed by atoms with E-state index in [0.29, 0.717) is 0 Å². The Bertz CT molecular complexity index is 405. The van der Waals surface area contributed by atoms with Crippen LogP contribution < -0.4 is 0 Å². The molecule has 0 aromatic heterocycles. The van der Waals surface area contributed by atoms with Crippen LogP contribution in [-0.2, 0) is 0 Å². The predicted molar refractivity (Wildman–Crippen MR) is 70.8 cm³/mol. The van der Waals surface area contributed by atoms with Gasteiger partial charge in [0.2, 0.25) is 0 Å². The number of rotatable bonds is 1. The highest BCUT2D eigenvalue weighted by atomic mass is 32.1. The molecular formula is C13H19NS. The van der Waals surface area contributed by atoms with Crippen LogP contribution in [0.15, 0.2) is 6.07 Å². The smallest absolute Gasteiger partial charge is 0.109 e. The Morgan fingerprint density at radius 3 is 2.00 bits per heavy atom. The first-order chi connectivity index (χ1) is 6.86. The number of nitrogens with zero attached hydrogens (tertiary/aromatic N) is 1. The van der Waals surface area contributed by atoms with E-state index in [1.807, 2.05) is 19.0 Å². The highest BCUT2D eigenvalue weighted by Crippen LogP contribution is 2.22. The average Bonchev–Trinajstić information content (AvgIpc) is 2.14. The van der Waals surface area contributed by atoms with Crippen molar-refractivity contribution in [2.45, 2.75) is 27.7 Å². The van der Waals surface area contributed by atoms with E-state index in [-0.39, 0.29) is 0 Å². The van der Waals surface area contributed by atoms with Crippen LogP contribution in [0.5, 0.6) is 0 Å². The van der Waals surface area contributed by atoms with E-state index in [4.69, 9.17) is 12.2 Å². The van der Waals surface area contributed by atoms with Crippen molar-refractivity contribution in [3.05, 3.63) is 33.9 Å². The lowest BCUT2D eigenvalue weighted by molar-refractivity contribution is 0.635. The van der Waals surface area contributed by atoms with Gasteiger partial charge in [0.25, 0.3) is 0 Å². The molecule has 0 spiro atoms. The molecule has 1 nitrogen and oxygen atoms in total. The Kier molecular flexibility index (Phi) is 3.50. The van der Waals surface area contributed by atoms with Gasteiger partial charge >= 0.3 is 0 Å². The van der Waals surface area contributed by atoms with E-state index in [0.717, 1.165) is 4.99 Å². The molecule has 0 aliphatic heterocycles. The number of aryl methyl sites for hydroxylation is 2. The minimum atomic E-state index is 0.924. The Hall–Kier alpha value is -0.890. The highest BCUT2D eigenvalue weighted by molar-refractivity contribution is 7.80. The van der Waals surface area contributed by atoms with E-state index >= 15 is 0 Å². The molecule has 0 heterocycles. The minimum absolute atomic E-state index is 0.924. The SMILES string of the molecule is Cc1cc(C)c(C(=S)N(C)C)c(C)c1C. The molecule has 1 rings (SSSR count). The molecule has 0 unspecified atom stereocenters. The zero-order chi connectivity index (χ0) is 11.7. The fraction of sp³-hybridized carbons (Fsp3) is 0.462. The zero-order valence-electron chi connectivity index (χ0n) is 10.4. The van der Waals surface area contributed by atoms with Gasteiger partial charge < -0.3 is 4.90 Å².